The van der Waals surface area contributed by atoms with Crippen LogP contribution in [0.4, 0.5) is 0 Å². The Labute approximate surface area is 142 Å². The summed E-state index contributed by atoms with van der Waals surface area (Å²) in [5, 5.41) is 10.0. The summed E-state index contributed by atoms with van der Waals surface area (Å²) in [5.74, 6) is 1.21. The number of carbonyl (C=O) groups excluding carboxylic acids is 1. The SMILES string of the molecule is CCN(C(=O)CN(Cc1ccco1)Cc1ccccc1O)C1CC1. The Morgan fingerprint density at radius 3 is 2.62 bits per heavy atom. The minimum Gasteiger partial charge on any atom is -0.508 e. The third kappa shape index (κ3) is 4.17. The molecule has 0 spiro atoms. The summed E-state index contributed by atoms with van der Waals surface area (Å²) in [5.41, 5.74) is 0.811. The van der Waals surface area contributed by atoms with Gasteiger partial charge in [0, 0.05) is 24.7 Å². The lowest BCUT2D eigenvalue weighted by Gasteiger charge is -2.26. The minimum atomic E-state index is 0.141. The topological polar surface area (TPSA) is 56.9 Å². The molecule has 1 fully saturated rings. The second kappa shape index (κ2) is 7.53. The average molecular weight is 328 g/mol. The number of hydrogen-bond donors (Lipinski definition) is 1. The van der Waals surface area contributed by atoms with E-state index in [1.54, 1.807) is 18.4 Å². The van der Waals surface area contributed by atoms with Crippen molar-refractivity contribution >= 4 is 5.91 Å². The van der Waals surface area contributed by atoms with Gasteiger partial charge in [0.15, 0.2) is 0 Å². The zero-order valence-electron chi connectivity index (χ0n) is 14.0. The van der Waals surface area contributed by atoms with E-state index in [9.17, 15) is 9.90 Å². The van der Waals surface area contributed by atoms with Gasteiger partial charge in [-0.25, -0.2) is 0 Å². The zero-order valence-corrected chi connectivity index (χ0v) is 14.0. The van der Waals surface area contributed by atoms with E-state index in [4.69, 9.17) is 4.42 Å². The van der Waals surface area contributed by atoms with Gasteiger partial charge in [-0.2, -0.15) is 0 Å². The van der Waals surface area contributed by atoms with Gasteiger partial charge < -0.3 is 14.4 Å². The Hall–Kier alpha value is -2.27. The first-order valence-electron chi connectivity index (χ1n) is 8.48. The van der Waals surface area contributed by atoms with Crippen molar-refractivity contribution < 1.29 is 14.3 Å². The number of phenols is 1. The molecular formula is C19H24N2O3. The molecule has 0 bridgehead atoms. The van der Waals surface area contributed by atoms with E-state index in [0.717, 1.165) is 30.7 Å². The van der Waals surface area contributed by atoms with Gasteiger partial charge in [-0.05, 0) is 38.0 Å². The van der Waals surface area contributed by atoms with Gasteiger partial charge in [0.05, 0.1) is 19.4 Å². The standard InChI is InChI=1S/C19H24N2O3/c1-2-21(16-9-10-16)19(23)14-20(13-17-7-5-11-24-17)12-15-6-3-4-8-18(15)22/h3-8,11,16,22H,2,9-10,12-14H2,1H3. The number of phenolic OH excluding ortho intramolecular Hbond substituents is 1. The molecule has 0 unspecified atom stereocenters. The second-order valence-corrected chi connectivity index (χ2v) is 6.26. The number of aromatic hydroxyl groups is 1. The monoisotopic (exact) mass is 328 g/mol. The fourth-order valence-corrected chi connectivity index (χ4v) is 2.98. The molecule has 2 aromatic rings. The third-order valence-corrected chi connectivity index (χ3v) is 4.35. The number of amides is 1. The first-order valence-corrected chi connectivity index (χ1v) is 8.48. The van der Waals surface area contributed by atoms with Crippen molar-refractivity contribution in [3.8, 4) is 5.75 Å². The molecule has 1 aliphatic rings. The van der Waals surface area contributed by atoms with Crippen molar-refractivity contribution in [2.45, 2.75) is 38.9 Å². The van der Waals surface area contributed by atoms with Crippen molar-refractivity contribution in [1.82, 2.24) is 9.80 Å². The van der Waals surface area contributed by atoms with Gasteiger partial charge in [0.1, 0.15) is 11.5 Å². The average Bonchev–Trinajstić information content (AvgIpc) is 3.26. The van der Waals surface area contributed by atoms with Crippen molar-refractivity contribution in [1.29, 1.82) is 0 Å². The molecule has 1 aromatic heterocycles. The molecule has 1 N–H and O–H groups in total. The van der Waals surface area contributed by atoms with E-state index < -0.39 is 0 Å². The minimum absolute atomic E-state index is 0.141. The molecular weight excluding hydrogens is 304 g/mol. The summed E-state index contributed by atoms with van der Waals surface area (Å²) < 4.78 is 5.43. The molecule has 0 atom stereocenters. The second-order valence-electron chi connectivity index (χ2n) is 6.26. The maximum absolute atomic E-state index is 12.7. The van der Waals surface area contributed by atoms with E-state index in [1.807, 2.05) is 41.0 Å². The van der Waals surface area contributed by atoms with Gasteiger partial charge in [-0.3, -0.25) is 9.69 Å². The lowest BCUT2D eigenvalue weighted by Crippen LogP contribution is -2.41. The number of furan rings is 1. The number of carbonyl (C=O) groups is 1. The highest BCUT2D eigenvalue weighted by Crippen LogP contribution is 2.27. The van der Waals surface area contributed by atoms with E-state index in [1.165, 1.54) is 0 Å². The quantitative estimate of drug-likeness (QED) is 0.809. The molecule has 1 amide bonds. The smallest absolute Gasteiger partial charge is 0.237 e. The largest absolute Gasteiger partial charge is 0.508 e. The Morgan fingerprint density at radius 1 is 1.21 bits per heavy atom. The Balaban J connectivity index is 1.71. The van der Waals surface area contributed by atoms with Gasteiger partial charge in [-0.1, -0.05) is 18.2 Å². The Kier molecular flexibility index (Phi) is 5.20. The van der Waals surface area contributed by atoms with E-state index >= 15 is 0 Å². The fourth-order valence-electron chi connectivity index (χ4n) is 2.98. The molecule has 24 heavy (non-hydrogen) atoms. The van der Waals surface area contributed by atoms with Crippen molar-refractivity contribution in [2.75, 3.05) is 13.1 Å². The molecule has 5 heteroatoms. The molecule has 1 aliphatic carbocycles. The first-order chi connectivity index (χ1) is 11.7. The number of likely N-dealkylation sites (N-methyl/N-ethyl adjacent to an activating group) is 1. The highest BCUT2D eigenvalue weighted by molar-refractivity contribution is 5.79. The summed E-state index contributed by atoms with van der Waals surface area (Å²) in [7, 11) is 0. The van der Waals surface area contributed by atoms with Crippen LogP contribution >= 0.6 is 0 Å². The van der Waals surface area contributed by atoms with E-state index in [0.29, 0.717) is 25.7 Å². The van der Waals surface area contributed by atoms with Crippen LogP contribution in [0, 0.1) is 0 Å². The molecule has 5 nitrogen and oxygen atoms in total. The predicted molar refractivity (Wildman–Crippen MR) is 91.3 cm³/mol. The van der Waals surface area contributed by atoms with Crippen LogP contribution in [0.15, 0.2) is 47.1 Å². The van der Waals surface area contributed by atoms with Crippen LogP contribution in [0.2, 0.25) is 0 Å². The number of hydrogen-bond acceptors (Lipinski definition) is 4. The molecule has 0 saturated heterocycles. The van der Waals surface area contributed by atoms with Crippen molar-refractivity contribution in [3.63, 3.8) is 0 Å². The van der Waals surface area contributed by atoms with Gasteiger partial charge >= 0.3 is 0 Å². The highest BCUT2D eigenvalue weighted by atomic mass is 16.3. The molecule has 1 aromatic carbocycles. The highest BCUT2D eigenvalue weighted by Gasteiger charge is 2.32. The fraction of sp³-hybridized carbons (Fsp3) is 0.421. The van der Waals surface area contributed by atoms with E-state index in [2.05, 4.69) is 0 Å². The summed E-state index contributed by atoms with van der Waals surface area (Å²) in [6.07, 6.45) is 3.85. The van der Waals surface area contributed by atoms with Crippen LogP contribution in [0.5, 0.6) is 5.75 Å². The molecule has 0 aliphatic heterocycles. The van der Waals surface area contributed by atoms with Crippen LogP contribution < -0.4 is 0 Å². The van der Waals surface area contributed by atoms with Crippen LogP contribution in [0.25, 0.3) is 0 Å². The lowest BCUT2D eigenvalue weighted by molar-refractivity contribution is -0.133. The maximum atomic E-state index is 12.7. The van der Waals surface area contributed by atoms with Crippen LogP contribution in [0.1, 0.15) is 31.1 Å². The van der Waals surface area contributed by atoms with Crippen molar-refractivity contribution in [2.24, 2.45) is 0 Å². The normalized spacial score (nSPS) is 14.1. The molecule has 1 saturated carbocycles. The predicted octanol–water partition coefficient (Wildman–Crippen LogP) is 3.00. The van der Waals surface area contributed by atoms with Gasteiger partial charge in [-0.15, -0.1) is 0 Å². The summed E-state index contributed by atoms with van der Waals surface area (Å²) >= 11 is 0. The summed E-state index contributed by atoms with van der Waals surface area (Å²) in [6.45, 7) is 4.13. The molecule has 3 rings (SSSR count). The number of para-hydroxylation sites is 1. The molecule has 0 radical (unpaired) electrons. The summed E-state index contributed by atoms with van der Waals surface area (Å²) in [4.78, 5) is 16.6. The Bertz CT molecular complexity index is 665. The van der Waals surface area contributed by atoms with Crippen LogP contribution in [-0.2, 0) is 17.9 Å². The molecule has 128 valence electrons. The number of benzene rings is 1. The third-order valence-electron chi connectivity index (χ3n) is 4.35. The van der Waals surface area contributed by atoms with E-state index in [-0.39, 0.29) is 11.7 Å². The zero-order chi connectivity index (χ0) is 16.9. The van der Waals surface area contributed by atoms with Crippen LogP contribution in [-0.4, -0.2) is 39.9 Å². The molecule has 1 heterocycles. The Morgan fingerprint density at radius 2 is 2.00 bits per heavy atom. The summed E-state index contributed by atoms with van der Waals surface area (Å²) in [6, 6.07) is 11.4. The lowest BCUT2D eigenvalue weighted by atomic mass is 10.2. The van der Waals surface area contributed by atoms with Gasteiger partial charge in [0.2, 0.25) is 5.91 Å². The van der Waals surface area contributed by atoms with Crippen LogP contribution in [0.3, 0.4) is 0 Å². The van der Waals surface area contributed by atoms with Crippen molar-refractivity contribution in [3.05, 3.63) is 54.0 Å². The number of nitrogens with zero attached hydrogens (tertiary/aromatic N) is 2. The van der Waals surface area contributed by atoms with Gasteiger partial charge in [0.25, 0.3) is 0 Å². The number of rotatable bonds is 8. The maximum Gasteiger partial charge on any atom is 0.237 e. The first kappa shape index (κ1) is 16.6.